The van der Waals surface area contributed by atoms with E-state index in [4.69, 9.17) is 21.4 Å². The van der Waals surface area contributed by atoms with Gasteiger partial charge in [0.2, 0.25) is 0 Å². The molecule has 0 fully saturated rings. The van der Waals surface area contributed by atoms with Crippen LogP contribution < -0.4 is 4.74 Å². The van der Waals surface area contributed by atoms with Crippen LogP contribution in [0.2, 0.25) is 5.02 Å². The summed E-state index contributed by atoms with van der Waals surface area (Å²) in [6, 6.07) is 4.34. The van der Waals surface area contributed by atoms with Gasteiger partial charge in [-0.2, -0.15) is 9.36 Å². The summed E-state index contributed by atoms with van der Waals surface area (Å²) in [6.45, 7) is 5.96. The van der Waals surface area contributed by atoms with E-state index >= 15 is 0 Å². The minimum atomic E-state index is -1.09. The molecular weight excluding hydrogens is 300 g/mol. The number of benzene rings is 1. The van der Waals surface area contributed by atoms with Gasteiger partial charge in [0, 0.05) is 28.0 Å². The van der Waals surface area contributed by atoms with Crippen LogP contribution in [0.3, 0.4) is 0 Å². The summed E-state index contributed by atoms with van der Waals surface area (Å²) >= 11 is 6.94. The molecule has 20 heavy (non-hydrogen) atoms. The first-order valence-corrected chi connectivity index (χ1v) is 6.97. The molecule has 0 atom stereocenters. The van der Waals surface area contributed by atoms with E-state index in [0.29, 0.717) is 16.0 Å². The van der Waals surface area contributed by atoms with Crippen LogP contribution in [0.5, 0.6) is 10.9 Å². The molecule has 0 bridgehead atoms. The van der Waals surface area contributed by atoms with Crippen LogP contribution in [-0.4, -0.2) is 20.4 Å². The summed E-state index contributed by atoms with van der Waals surface area (Å²) in [5.74, 6) is -0.282. The molecule has 5 nitrogen and oxygen atoms in total. The van der Waals surface area contributed by atoms with Crippen molar-refractivity contribution < 1.29 is 14.6 Å². The van der Waals surface area contributed by atoms with Gasteiger partial charge in [-0.3, -0.25) is 0 Å². The van der Waals surface area contributed by atoms with Gasteiger partial charge in [-0.15, -0.1) is 0 Å². The summed E-state index contributed by atoms with van der Waals surface area (Å²) in [5, 5.41) is 9.80. The predicted octanol–water partition coefficient (Wildman–Crippen LogP) is 3.98. The quantitative estimate of drug-likeness (QED) is 0.928. The maximum atomic E-state index is 11.1. The van der Waals surface area contributed by atoms with Crippen molar-refractivity contribution in [2.75, 3.05) is 0 Å². The lowest BCUT2D eigenvalue weighted by atomic mass is 9.96. The fraction of sp³-hybridized carbons (Fsp3) is 0.308. The van der Waals surface area contributed by atoms with Crippen LogP contribution in [0.1, 0.15) is 37.0 Å². The fourth-order valence-corrected chi connectivity index (χ4v) is 2.30. The maximum Gasteiger partial charge on any atom is 0.339 e. The lowest BCUT2D eigenvalue weighted by Crippen LogP contribution is -2.13. The Bertz CT molecular complexity index is 649. The average Bonchev–Trinajstić information content (AvgIpc) is 2.76. The largest absolute Gasteiger partial charge is 0.478 e. The predicted molar refractivity (Wildman–Crippen MR) is 77.1 cm³/mol. The highest BCUT2D eigenvalue weighted by atomic mass is 35.5. The van der Waals surface area contributed by atoms with Crippen LogP contribution >= 0.6 is 23.1 Å². The van der Waals surface area contributed by atoms with Crippen molar-refractivity contribution in [3.8, 4) is 10.9 Å². The van der Waals surface area contributed by atoms with Crippen LogP contribution in [0, 0.1) is 0 Å². The number of aromatic carboxylic acids is 1. The van der Waals surface area contributed by atoms with Crippen LogP contribution in [-0.2, 0) is 5.41 Å². The molecule has 0 aliphatic heterocycles. The third-order valence-corrected chi connectivity index (χ3v) is 3.28. The van der Waals surface area contributed by atoms with E-state index in [2.05, 4.69) is 9.36 Å². The van der Waals surface area contributed by atoms with Crippen molar-refractivity contribution in [1.29, 1.82) is 0 Å². The Morgan fingerprint density at radius 2 is 2.10 bits per heavy atom. The van der Waals surface area contributed by atoms with Gasteiger partial charge in [-0.1, -0.05) is 32.4 Å². The highest BCUT2D eigenvalue weighted by Gasteiger charge is 2.21. The molecular formula is C13H13ClN2O3S. The van der Waals surface area contributed by atoms with E-state index in [9.17, 15) is 4.79 Å². The van der Waals surface area contributed by atoms with Crippen LogP contribution in [0.25, 0.3) is 0 Å². The molecule has 1 aromatic heterocycles. The zero-order valence-corrected chi connectivity index (χ0v) is 12.7. The smallest absolute Gasteiger partial charge is 0.339 e. The van der Waals surface area contributed by atoms with Crippen molar-refractivity contribution in [1.82, 2.24) is 9.36 Å². The number of halogens is 1. The first-order chi connectivity index (χ1) is 9.27. The summed E-state index contributed by atoms with van der Waals surface area (Å²) in [7, 11) is 0. The molecule has 0 spiro atoms. The van der Waals surface area contributed by atoms with Gasteiger partial charge in [0.15, 0.2) is 5.82 Å². The molecule has 2 rings (SSSR count). The Balaban J connectivity index is 2.32. The second-order valence-corrected chi connectivity index (χ2v) is 6.33. The van der Waals surface area contributed by atoms with Gasteiger partial charge in [0.05, 0.1) is 0 Å². The van der Waals surface area contributed by atoms with Crippen molar-refractivity contribution >= 4 is 29.1 Å². The van der Waals surface area contributed by atoms with E-state index in [1.165, 1.54) is 18.2 Å². The summed E-state index contributed by atoms with van der Waals surface area (Å²) in [5.41, 5.74) is -0.163. The Labute approximate surface area is 125 Å². The lowest BCUT2D eigenvalue weighted by Gasteiger charge is -2.12. The van der Waals surface area contributed by atoms with E-state index in [1.54, 1.807) is 0 Å². The number of nitrogens with zero attached hydrogens (tertiary/aromatic N) is 2. The first-order valence-electron chi connectivity index (χ1n) is 5.82. The lowest BCUT2D eigenvalue weighted by molar-refractivity contribution is 0.0694. The standard InChI is InChI=1S/C13H13ClN2O3S/c1-13(2,3)11-15-12(20-16-11)19-9-6-7(14)4-5-8(9)10(17)18/h4-6H,1-3H3,(H,17,18). The summed E-state index contributed by atoms with van der Waals surface area (Å²) in [4.78, 5) is 15.4. The number of aromatic nitrogens is 2. The van der Waals surface area contributed by atoms with Crippen molar-refractivity contribution in [3.63, 3.8) is 0 Å². The number of carboxylic acid groups (broad SMARTS) is 1. The molecule has 1 heterocycles. The Kier molecular flexibility index (Phi) is 3.96. The topological polar surface area (TPSA) is 72.3 Å². The monoisotopic (exact) mass is 312 g/mol. The minimum absolute atomic E-state index is 0.0295. The summed E-state index contributed by atoms with van der Waals surface area (Å²) < 4.78 is 9.71. The van der Waals surface area contributed by atoms with Gasteiger partial charge in [0.25, 0.3) is 5.19 Å². The van der Waals surface area contributed by atoms with E-state index in [0.717, 1.165) is 11.5 Å². The second kappa shape index (κ2) is 5.38. The minimum Gasteiger partial charge on any atom is -0.478 e. The van der Waals surface area contributed by atoms with Crippen molar-refractivity contribution in [3.05, 3.63) is 34.6 Å². The highest BCUT2D eigenvalue weighted by Crippen LogP contribution is 2.31. The number of carboxylic acids is 1. The normalized spacial score (nSPS) is 11.4. The van der Waals surface area contributed by atoms with Gasteiger partial charge in [0.1, 0.15) is 11.3 Å². The van der Waals surface area contributed by atoms with E-state index in [-0.39, 0.29) is 16.7 Å². The number of rotatable bonds is 3. The SMILES string of the molecule is CC(C)(C)c1nsc(Oc2cc(Cl)ccc2C(=O)O)n1. The number of carbonyl (C=O) groups is 1. The summed E-state index contributed by atoms with van der Waals surface area (Å²) in [6.07, 6.45) is 0. The molecule has 7 heteroatoms. The zero-order valence-electron chi connectivity index (χ0n) is 11.2. The molecule has 0 saturated heterocycles. The van der Waals surface area contributed by atoms with Gasteiger partial charge >= 0.3 is 5.97 Å². The zero-order chi connectivity index (χ0) is 14.9. The molecule has 0 saturated carbocycles. The molecule has 106 valence electrons. The van der Waals surface area contributed by atoms with Gasteiger partial charge in [-0.25, -0.2) is 4.79 Å². The number of hydrogen-bond acceptors (Lipinski definition) is 5. The van der Waals surface area contributed by atoms with Gasteiger partial charge < -0.3 is 9.84 Å². The van der Waals surface area contributed by atoms with Crippen molar-refractivity contribution in [2.45, 2.75) is 26.2 Å². The van der Waals surface area contributed by atoms with E-state index < -0.39 is 5.97 Å². The number of hydrogen-bond donors (Lipinski definition) is 1. The molecule has 2 aromatic rings. The maximum absolute atomic E-state index is 11.1. The van der Waals surface area contributed by atoms with Crippen LogP contribution in [0.15, 0.2) is 18.2 Å². The van der Waals surface area contributed by atoms with Gasteiger partial charge in [-0.05, 0) is 12.1 Å². The fourth-order valence-electron chi connectivity index (χ4n) is 1.41. The molecule has 0 aliphatic rings. The number of ether oxygens (including phenoxy) is 1. The third kappa shape index (κ3) is 3.26. The molecule has 0 aliphatic carbocycles. The average molecular weight is 313 g/mol. The molecule has 1 N–H and O–H groups in total. The van der Waals surface area contributed by atoms with E-state index in [1.807, 2.05) is 20.8 Å². The molecule has 0 radical (unpaired) electrons. The second-order valence-electron chi connectivity index (χ2n) is 5.18. The molecule has 0 unspecified atom stereocenters. The Morgan fingerprint density at radius 3 is 2.65 bits per heavy atom. The molecule has 0 amide bonds. The van der Waals surface area contributed by atoms with Crippen LogP contribution in [0.4, 0.5) is 0 Å². The third-order valence-electron chi connectivity index (χ3n) is 2.45. The Hall–Kier alpha value is -1.66. The Morgan fingerprint density at radius 1 is 1.40 bits per heavy atom. The first kappa shape index (κ1) is 14.7. The molecule has 1 aromatic carbocycles. The van der Waals surface area contributed by atoms with Crippen molar-refractivity contribution in [2.24, 2.45) is 0 Å². The highest BCUT2D eigenvalue weighted by molar-refractivity contribution is 7.07.